The Hall–Kier alpha value is -2.70. The van der Waals surface area contributed by atoms with E-state index in [0.29, 0.717) is 12.2 Å². The van der Waals surface area contributed by atoms with Crippen molar-refractivity contribution in [1.82, 2.24) is 15.0 Å². The van der Waals surface area contributed by atoms with Gasteiger partial charge >= 0.3 is 5.97 Å². The summed E-state index contributed by atoms with van der Waals surface area (Å²) in [5, 5.41) is 8.98. The number of aromatic carboxylic acids is 1. The van der Waals surface area contributed by atoms with Gasteiger partial charge in [0.05, 0.1) is 6.33 Å². The Morgan fingerprint density at radius 1 is 1.37 bits per heavy atom. The molecule has 0 atom stereocenters. The third kappa shape index (κ3) is 2.44. The highest BCUT2D eigenvalue weighted by Crippen LogP contribution is 2.16. The summed E-state index contributed by atoms with van der Waals surface area (Å²) in [7, 11) is 0. The Balaban J connectivity index is 2.37. The van der Waals surface area contributed by atoms with Gasteiger partial charge in [0.2, 0.25) is 0 Å². The highest BCUT2D eigenvalue weighted by Gasteiger charge is 2.24. The van der Waals surface area contributed by atoms with Gasteiger partial charge in [-0.15, -0.1) is 0 Å². The summed E-state index contributed by atoms with van der Waals surface area (Å²) in [6.07, 6.45) is 4.32. The molecular weight excluding hydrogens is 248 g/mol. The van der Waals surface area contributed by atoms with Gasteiger partial charge < -0.3 is 15.0 Å². The minimum Gasteiger partial charge on any atom is -0.477 e. The highest BCUT2D eigenvalue weighted by atomic mass is 16.4. The van der Waals surface area contributed by atoms with E-state index in [4.69, 9.17) is 5.11 Å². The van der Waals surface area contributed by atoms with E-state index in [2.05, 4.69) is 15.0 Å². The van der Waals surface area contributed by atoms with Crippen LogP contribution in [0.3, 0.4) is 0 Å². The zero-order valence-corrected chi connectivity index (χ0v) is 10.2. The van der Waals surface area contributed by atoms with Crippen LogP contribution < -0.4 is 4.90 Å². The number of anilines is 1. The fraction of sp³-hybridized carbons (Fsp3) is 0.167. The lowest BCUT2D eigenvalue weighted by molar-refractivity contribution is 0.0686. The third-order valence-electron chi connectivity index (χ3n) is 2.59. The maximum Gasteiger partial charge on any atom is 0.354 e. The van der Waals surface area contributed by atoms with Gasteiger partial charge in [-0.1, -0.05) is 0 Å². The second-order valence-corrected chi connectivity index (χ2v) is 3.69. The second-order valence-electron chi connectivity index (χ2n) is 3.69. The third-order valence-corrected chi connectivity index (χ3v) is 2.59. The summed E-state index contributed by atoms with van der Waals surface area (Å²) < 4.78 is 0. The molecule has 2 heterocycles. The standard InChI is InChI=1S/C12H12N4O3/c1-2-16(8-3-5-13-6-4-8)11(17)9-10(12(18)19)15-7-14-9/h3-7H,2H2,1H3,(H,14,15)(H,18,19). The van der Waals surface area contributed by atoms with E-state index in [1.165, 1.54) is 11.2 Å². The van der Waals surface area contributed by atoms with Crippen molar-refractivity contribution < 1.29 is 14.7 Å². The van der Waals surface area contributed by atoms with Gasteiger partial charge in [-0.25, -0.2) is 9.78 Å². The molecule has 7 nitrogen and oxygen atoms in total. The fourth-order valence-electron chi connectivity index (χ4n) is 1.71. The quantitative estimate of drug-likeness (QED) is 0.859. The summed E-state index contributed by atoms with van der Waals surface area (Å²) in [5.41, 5.74) is 0.325. The fourth-order valence-corrected chi connectivity index (χ4v) is 1.71. The number of pyridine rings is 1. The van der Waals surface area contributed by atoms with Crippen LogP contribution in [0.25, 0.3) is 0 Å². The molecule has 0 saturated heterocycles. The number of aromatic amines is 1. The molecule has 2 aromatic heterocycles. The molecule has 0 bridgehead atoms. The van der Waals surface area contributed by atoms with Crippen LogP contribution >= 0.6 is 0 Å². The van der Waals surface area contributed by atoms with Crippen molar-refractivity contribution in [1.29, 1.82) is 0 Å². The molecule has 0 aliphatic heterocycles. The molecule has 0 radical (unpaired) electrons. The van der Waals surface area contributed by atoms with Crippen LogP contribution in [0.5, 0.6) is 0 Å². The van der Waals surface area contributed by atoms with Crippen molar-refractivity contribution in [2.24, 2.45) is 0 Å². The van der Waals surface area contributed by atoms with E-state index in [9.17, 15) is 9.59 Å². The van der Waals surface area contributed by atoms with Gasteiger partial charge in [-0.2, -0.15) is 0 Å². The molecule has 19 heavy (non-hydrogen) atoms. The molecular formula is C12H12N4O3. The van der Waals surface area contributed by atoms with Gasteiger partial charge in [-0.3, -0.25) is 9.78 Å². The van der Waals surface area contributed by atoms with Gasteiger partial charge in [0.25, 0.3) is 5.91 Å². The number of imidazole rings is 1. The lowest BCUT2D eigenvalue weighted by atomic mass is 10.2. The predicted octanol–water partition coefficient (Wildman–Crippen LogP) is 1.17. The first kappa shape index (κ1) is 12.7. The highest BCUT2D eigenvalue weighted by molar-refractivity contribution is 6.09. The summed E-state index contributed by atoms with van der Waals surface area (Å²) in [4.78, 5) is 34.9. The number of carbonyl (C=O) groups excluding carboxylic acids is 1. The number of rotatable bonds is 4. The average Bonchev–Trinajstić information content (AvgIpc) is 2.90. The molecule has 2 rings (SSSR count). The Morgan fingerprint density at radius 2 is 2.05 bits per heavy atom. The van der Waals surface area contributed by atoms with Crippen LogP contribution in [0.4, 0.5) is 5.69 Å². The Kier molecular flexibility index (Phi) is 3.56. The molecule has 2 aromatic rings. The maximum atomic E-state index is 12.3. The normalized spacial score (nSPS) is 10.2. The first-order valence-electron chi connectivity index (χ1n) is 5.63. The summed E-state index contributed by atoms with van der Waals surface area (Å²) in [6.45, 7) is 2.19. The van der Waals surface area contributed by atoms with Crippen molar-refractivity contribution in [3.63, 3.8) is 0 Å². The van der Waals surface area contributed by atoms with Crippen LogP contribution in [0.2, 0.25) is 0 Å². The van der Waals surface area contributed by atoms with Crippen molar-refractivity contribution in [2.75, 3.05) is 11.4 Å². The zero-order chi connectivity index (χ0) is 13.8. The number of hydrogen-bond donors (Lipinski definition) is 2. The molecule has 0 aliphatic rings. The Labute approximate surface area is 108 Å². The first-order chi connectivity index (χ1) is 9.15. The number of carbonyl (C=O) groups is 2. The van der Waals surface area contributed by atoms with Crippen LogP contribution in [0.1, 0.15) is 27.9 Å². The SMILES string of the molecule is CCN(C(=O)c1nc[nH]c1C(=O)O)c1ccncc1. The van der Waals surface area contributed by atoms with Crippen molar-refractivity contribution in [3.05, 3.63) is 42.2 Å². The van der Waals surface area contributed by atoms with E-state index >= 15 is 0 Å². The molecule has 0 fully saturated rings. The number of nitrogens with zero attached hydrogens (tertiary/aromatic N) is 3. The van der Waals surface area contributed by atoms with Gasteiger partial charge in [0, 0.05) is 24.6 Å². The van der Waals surface area contributed by atoms with E-state index in [0.717, 1.165) is 0 Å². The largest absolute Gasteiger partial charge is 0.477 e. The lowest BCUT2D eigenvalue weighted by Gasteiger charge is -2.19. The van der Waals surface area contributed by atoms with Crippen molar-refractivity contribution in [3.8, 4) is 0 Å². The molecule has 1 amide bonds. The lowest BCUT2D eigenvalue weighted by Crippen LogP contribution is -2.32. The number of carboxylic acids is 1. The first-order valence-corrected chi connectivity index (χ1v) is 5.63. The number of nitrogens with one attached hydrogen (secondary N) is 1. The van der Waals surface area contributed by atoms with Crippen LogP contribution in [-0.2, 0) is 0 Å². The van der Waals surface area contributed by atoms with E-state index in [-0.39, 0.29) is 11.4 Å². The molecule has 0 saturated carbocycles. The zero-order valence-electron chi connectivity index (χ0n) is 10.2. The smallest absolute Gasteiger partial charge is 0.354 e. The van der Waals surface area contributed by atoms with Gasteiger partial charge in [-0.05, 0) is 19.1 Å². The van der Waals surface area contributed by atoms with E-state index < -0.39 is 11.9 Å². The number of H-pyrrole nitrogens is 1. The Bertz CT molecular complexity index is 594. The number of aromatic nitrogens is 3. The van der Waals surface area contributed by atoms with Crippen molar-refractivity contribution >= 4 is 17.6 Å². The average molecular weight is 260 g/mol. The predicted molar refractivity (Wildman–Crippen MR) is 67.1 cm³/mol. The van der Waals surface area contributed by atoms with Crippen LogP contribution in [-0.4, -0.2) is 38.5 Å². The monoisotopic (exact) mass is 260 g/mol. The van der Waals surface area contributed by atoms with Crippen LogP contribution in [0.15, 0.2) is 30.9 Å². The molecule has 2 N–H and O–H groups in total. The minimum atomic E-state index is -1.22. The number of carboxylic acid groups (broad SMARTS) is 1. The molecule has 0 aliphatic carbocycles. The summed E-state index contributed by atoms with van der Waals surface area (Å²) in [5.74, 6) is -1.68. The molecule has 0 unspecified atom stereocenters. The second kappa shape index (κ2) is 5.30. The number of amides is 1. The number of hydrogen-bond acceptors (Lipinski definition) is 4. The van der Waals surface area contributed by atoms with Crippen LogP contribution in [0, 0.1) is 0 Å². The molecule has 0 spiro atoms. The van der Waals surface area contributed by atoms with E-state index in [1.807, 2.05) is 0 Å². The summed E-state index contributed by atoms with van der Waals surface area (Å²) in [6, 6.07) is 3.35. The Morgan fingerprint density at radius 3 is 2.63 bits per heavy atom. The molecule has 0 aromatic carbocycles. The van der Waals surface area contributed by atoms with Crippen molar-refractivity contribution in [2.45, 2.75) is 6.92 Å². The maximum absolute atomic E-state index is 12.3. The molecule has 7 heteroatoms. The minimum absolute atomic E-state index is 0.105. The van der Waals surface area contributed by atoms with Gasteiger partial charge in [0.15, 0.2) is 11.4 Å². The van der Waals surface area contributed by atoms with E-state index in [1.54, 1.807) is 31.5 Å². The topological polar surface area (TPSA) is 99.2 Å². The summed E-state index contributed by atoms with van der Waals surface area (Å²) >= 11 is 0. The molecule has 98 valence electrons. The van der Waals surface area contributed by atoms with Gasteiger partial charge in [0.1, 0.15) is 0 Å².